The molecule has 0 spiro atoms. The molecule has 2 saturated heterocycles. The number of hydrogen-bond acceptors (Lipinski definition) is 5. The molecule has 4 amide bonds. The molecule has 2 aliphatic carbocycles. The van der Waals surface area contributed by atoms with Gasteiger partial charge in [0.2, 0.25) is 23.6 Å². The average molecular weight is 489 g/mol. The van der Waals surface area contributed by atoms with Gasteiger partial charge in [-0.3, -0.25) is 24.1 Å². The van der Waals surface area contributed by atoms with Crippen molar-refractivity contribution in [3.63, 3.8) is 0 Å². The second-order valence-corrected chi connectivity index (χ2v) is 10.4. The second-order valence-electron chi connectivity index (χ2n) is 10.4. The van der Waals surface area contributed by atoms with Crippen LogP contribution in [-0.2, 0) is 19.2 Å². The molecule has 4 aliphatic rings. The van der Waals surface area contributed by atoms with E-state index in [-0.39, 0.29) is 30.0 Å². The van der Waals surface area contributed by atoms with Gasteiger partial charge < -0.3 is 5.11 Å². The van der Waals surface area contributed by atoms with Gasteiger partial charge in [0.25, 0.3) is 0 Å². The molecule has 6 unspecified atom stereocenters. The molecule has 7 nitrogen and oxygen atoms in total. The molecule has 0 radical (unpaired) electrons. The van der Waals surface area contributed by atoms with Gasteiger partial charge in [0.1, 0.15) is 0 Å². The third kappa shape index (κ3) is 2.78. The van der Waals surface area contributed by atoms with Gasteiger partial charge in [-0.25, -0.2) is 9.29 Å². The summed E-state index contributed by atoms with van der Waals surface area (Å²) >= 11 is 0. The molecule has 2 heterocycles. The monoisotopic (exact) mass is 488 g/mol. The second kappa shape index (κ2) is 7.59. The molecular weight excluding hydrogens is 463 g/mol. The molecule has 1 N–H and O–H groups in total. The van der Waals surface area contributed by atoms with Crippen LogP contribution in [0.15, 0.2) is 60.2 Å². The largest absolute Gasteiger partial charge is 0.505 e. The summed E-state index contributed by atoms with van der Waals surface area (Å²) in [7, 11) is 1.48. The van der Waals surface area contributed by atoms with E-state index in [1.165, 1.54) is 24.1 Å². The zero-order valence-corrected chi connectivity index (χ0v) is 19.8. The molecule has 2 aromatic rings. The van der Waals surface area contributed by atoms with Crippen LogP contribution < -0.4 is 4.90 Å². The number of benzene rings is 2. The van der Waals surface area contributed by atoms with Gasteiger partial charge in [-0.15, -0.1) is 0 Å². The van der Waals surface area contributed by atoms with Crippen molar-refractivity contribution in [3.05, 3.63) is 71.6 Å². The highest BCUT2D eigenvalue weighted by Gasteiger charge is 2.67. The Labute approximate surface area is 207 Å². The molecular formula is C28H25FN2O5. The van der Waals surface area contributed by atoms with Crippen molar-refractivity contribution in [2.45, 2.75) is 25.7 Å². The highest BCUT2D eigenvalue weighted by atomic mass is 19.1. The number of allylic oxidation sites excluding steroid dienone is 2. The summed E-state index contributed by atoms with van der Waals surface area (Å²) in [5, 5.41) is 9.82. The lowest BCUT2D eigenvalue weighted by Crippen LogP contribution is -2.48. The number of amides is 4. The molecule has 3 fully saturated rings. The fraction of sp³-hybridized carbons (Fsp3) is 0.357. The maximum atomic E-state index is 14.6. The first-order valence-corrected chi connectivity index (χ1v) is 12.1. The lowest BCUT2D eigenvalue weighted by molar-refractivity contribution is -0.138. The van der Waals surface area contributed by atoms with Gasteiger partial charge in [0, 0.05) is 13.0 Å². The van der Waals surface area contributed by atoms with Gasteiger partial charge in [-0.2, -0.15) is 0 Å². The van der Waals surface area contributed by atoms with Gasteiger partial charge in [-0.1, -0.05) is 35.9 Å². The SMILES string of the molecule is CN1C(=O)C2CC=C3C(CC4C(=O)N(c5ccccc5)C(=O)C4(C)C3c3ccc(O)c(F)c3)C2C1=O. The summed E-state index contributed by atoms with van der Waals surface area (Å²) in [6.45, 7) is 1.74. The fourth-order valence-corrected chi connectivity index (χ4v) is 7.08. The van der Waals surface area contributed by atoms with Gasteiger partial charge in [0.05, 0.1) is 28.9 Å². The number of fused-ring (bicyclic) bond motifs is 4. The molecule has 184 valence electrons. The van der Waals surface area contributed by atoms with Crippen molar-refractivity contribution >= 4 is 29.3 Å². The molecule has 0 bridgehead atoms. The Hall–Kier alpha value is -3.81. The summed E-state index contributed by atoms with van der Waals surface area (Å²) in [4.78, 5) is 56.2. The number of likely N-dealkylation sites (tertiary alicyclic amines) is 1. The van der Waals surface area contributed by atoms with Crippen LogP contribution >= 0.6 is 0 Å². The summed E-state index contributed by atoms with van der Waals surface area (Å²) in [6.07, 6.45) is 2.51. The third-order valence-corrected chi connectivity index (χ3v) is 8.81. The van der Waals surface area contributed by atoms with Crippen molar-refractivity contribution in [1.82, 2.24) is 4.90 Å². The number of hydrogen-bond donors (Lipinski definition) is 1. The van der Waals surface area contributed by atoms with E-state index in [9.17, 15) is 28.7 Å². The van der Waals surface area contributed by atoms with Crippen molar-refractivity contribution in [2.24, 2.45) is 29.1 Å². The van der Waals surface area contributed by atoms with Crippen LogP contribution in [0, 0.1) is 34.9 Å². The van der Waals surface area contributed by atoms with E-state index in [1.54, 1.807) is 43.3 Å². The van der Waals surface area contributed by atoms with Crippen LogP contribution in [0.2, 0.25) is 0 Å². The van der Waals surface area contributed by atoms with Crippen molar-refractivity contribution < 1.29 is 28.7 Å². The van der Waals surface area contributed by atoms with Crippen LogP contribution in [0.3, 0.4) is 0 Å². The van der Waals surface area contributed by atoms with Gasteiger partial charge in [-0.05, 0) is 55.5 Å². The van der Waals surface area contributed by atoms with E-state index in [2.05, 4.69) is 0 Å². The third-order valence-electron chi connectivity index (χ3n) is 8.81. The van der Waals surface area contributed by atoms with Crippen LogP contribution in [0.1, 0.15) is 31.2 Å². The number of carbonyl (C=O) groups excluding carboxylic acids is 4. The summed E-state index contributed by atoms with van der Waals surface area (Å²) in [5.41, 5.74) is 0.463. The normalized spacial score (nSPS) is 33.4. The molecule has 8 heteroatoms. The lowest BCUT2D eigenvalue weighted by atomic mass is 9.51. The van der Waals surface area contributed by atoms with Crippen molar-refractivity contribution in [3.8, 4) is 5.75 Å². The van der Waals surface area contributed by atoms with Gasteiger partial charge in [0.15, 0.2) is 11.6 Å². The maximum absolute atomic E-state index is 14.6. The number of phenolic OH excluding ortho intramolecular Hbond substituents is 1. The number of nitrogens with zero attached hydrogens (tertiary/aromatic N) is 2. The lowest BCUT2D eigenvalue weighted by Gasteiger charge is -2.49. The molecule has 6 atom stereocenters. The first-order chi connectivity index (χ1) is 17.2. The summed E-state index contributed by atoms with van der Waals surface area (Å²) in [5.74, 6) is -5.61. The highest BCUT2D eigenvalue weighted by molar-refractivity contribution is 6.24. The minimum atomic E-state index is -1.23. The number of halogens is 1. The number of aromatic hydroxyl groups is 1. The molecule has 2 aromatic carbocycles. The summed E-state index contributed by atoms with van der Waals surface area (Å²) in [6, 6.07) is 12.7. The minimum Gasteiger partial charge on any atom is -0.505 e. The van der Waals surface area contributed by atoms with E-state index in [0.29, 0.717) is 17.7 Å². The number of carbonyl (C=O) groups is 4. The fourth-order valence-electron chi connectivity index (χ4n) is 7.08. The molecule has 0 aromatic heterocycles. The smallest absolute Gasteiger partial charge is 0.241 e. The first-order valence-electron chi connectivity index (χ1n) is 12.1. The van der Waals surface area contributed by atoms with Crippen LogP contribution in [0.4, 0.5) is 10.1 Å². The number of phenols is 1. The van der Waals surface area contributed by atoms with E-state index in [1.807, 2.05) is 6.08 Å². The van der Waals surface area contributed by atoms with Crippen molar-refractivity contribution in [1.29, 1.82) is 0 Å². The van der Waals surface area contributed by atoms with E-state index in [0.717, 1.165) is 10.5 Å². The topological polar surface area (TPSA) is 95.0 Å². The molecule has 1 saturated carbocycles. The first kappa shape index (κ1) is 22.6. The van der Waals surface area contributed by atoms with Crippen LogP contribution in [0.25, 0.3) is 0 Å². The Bertz CT molecular complexity index is 1370. The molecule has 36 heavy (non-hydrogen) atoms. The molecule has 2 aliphatic heterocycles. The average Bonchev–Trinajstić information content (AvgIpc) is 3.21. The quantitative estimate of drug-likeness (QED) is 0.517. The van der Waals surface area contributed by atoms with Crippen LogP contribution in [0.5, 0.6) is 5.75 Å². The number of anilines is 1. The maximum Gasteiger partial charge on any atom is 0.241 e. The van der Waals surface area contributed by atoms with Gasteiger partial charge >= 0.3 is 0 Å². The number of rotatable bonds is 2. The number of imide groups is 2. The zero-order valence-electron chi connectivity index (χ0n) is 19.8. The Morgan fingerprint density at radius 1 is 0.972 bits per heavy atom. The predicted octanol–water partition coefficient (Wildman–Crippen LogP) is 3.39. The Kier molecular flexibility index (Phi) is 4.78. The molecule has 6 rings (SSSR count). The van der Waals surface area contributed by atoms with E-state index >= 15 is 0 Å². The Morgan fingerprint density at radius 3 is 2.39 bits per heavy atom. The Morgan fingerprint density at radius 2 is 1.69 bits per heavy atom. The summed E-state index contributed by atoms with van der Waals surface area (Å²) < 4.78 is 14.6. The number of para-hydroxylation sites is 1. The minimum absolute atomic E-state index is 0.236. The van der Waals surface area contributed by atoms with Crippen LogP contribution in [-0.4, -0.2) is 40.7 Å². The Balaban J connectivity index is 1.55. The van der Waals surface area contributed by atoms with Crippen molar-refractivity contribution in [2.75, 3.05) is 11.9 Å². The standard InChI is InChI=1S/C28H25FN2O5/c1-28-19(25(34)31(27(28)36)15-6-4-3-5-7-15)13-18-16(23(28)14-8-11-21(32)20(29)12-14)9-10-17-22(18)26(35)30(2)24(17)33/h3-9,11-12,17-19,22-23,32H,10,13H2,1-2H3. The van der Waals surface area contributed by atoms with E-state index < -0.39 is 46.6 Å². The zero-order chi connectivity index (χ0) is 25.5. The van der Waals surface area contributed by atoms with E-state index in [4.69, 9.17) is 0 Å². The highest BCUT2D eigenvalue weighted by Crippen LogP contribution is 2.63. The predicted molar refractivity (Wildman–Crippen MR) is 127 cm³/mol.